The van der Waals surface area contributed by atoms with Crippen molar-refractivity contribution in [3.05, 3.63) is 29.6 Å². The minimum absolute atomic E-state index is 0. The number of hydrogen-bond acceptors (Lipinski definition) is 2. The summed E-state index contributed by atoms with van der Waals surface area (Å²) in [6, 6.07) is 4.68. The van der Waals surface area contributed by atoms with E-state index in [1.807, 2.05) is 6.07 Å². The molecular formula is C12H19ClFNO. The summed E-state index contributed by atoms with van der Waals surface area (Å²) in [7, 11) is 1.46. The van der Waals surface area contributed by atoms with Crippen molar-refractivity contribution in [2.24, 2.45) is 11.7 Å². The average Bonchev–Trinajstić information content (AvgIpc) is 2.16. The molecule has 0 aliphatic heterocycles. The van der Waals surface area contributed by atoms with E-state index < -0.39 is 0 Å². The molecule has 1 aromatic rings. The molecule has 0 saturated carbocycles. The molecule has 0 fully saturated rings. The number of methoxy groups -OCH3 is 1. The third-order valence-electron chi connectivity index (χ3n) is 2.33. The van der Waals surface area contributed by atoms with E-state index in [0.29, 0.717) is 5.92 Å². The largest absolute Gasteiger partial charge is 0.493 e. The molecule has 0 spiro atoms. The Bertz CT molecular complexity index is 331. The lowest BCUT2D eigenvalue weighted by atomic mass is 9.97. The Hall–Kier alpha value is -0.800. The van der Waals surface area contributed by atoms with Crippen molar-refractivity contribution in [1.29, 1.82) is 0 Å². The molecule has 0 bridgehead atoms. The Balaban J connectivity index is 0.00000225. The minimum atomic E-state index is -0.353. The van der Waals surface area contributed by atoms with E-state index in [9.17, 15) is 4.39 Å². The van der Waals surface area contributed by atoms with Crippen LogP contribution in [-0.4, -0.2) is 7.11 Å². The van der Waals surface area contributed by atoms with Gasteiger partial charge in [-0.25, -0.2) is 4.39 Å². The lowest BCUT2D eigenvalue weighted by Gasteiger charge is -2.17. The molecule has 1 rings (SSSR count). The molecule has 0 aliphatic carbocycles. The molecule has 0 radical (unpaired) electrons. The average molecular weight is 248 g/mol. The van der Waals surface area contributed by atoms with Gasteiger partial charge in [0.05, 0.1) is 7.11 Å². The van der Waals surface area contributed by atoms with Crippen LogP contribution in [0, 0.1) is 11.7 Å². The maximum atomic E-state index is 13.4. The molecule has 1 aromatic carbocycles. The number of halogens is 2. The molecule has 1 atom stereocenters. The molecule has 0 unspecified atom stereocenters. The van der Waals surface area contributed by atoms with Crippen LogP contribution in [0.4, 0.5) is 4.39 Å². The summed E-state index contributed by atoms with van der Waals surface area (Å²) in [5, 5.41) is 0. The second kappa shape index (κ2) is 6.71. The van der Waals surface area contributed by atoms with Gasteiger partial charge in [-0.3, -0.25) is 0 Å². The Kier molecular flexibility index (Phi) is 6.38. The predicted molar refractivity (Wildman–Crippen MR) is 66.6 cm³/mol. The predicted octanol–water partition coefficient (Wildman–Crippen LogP) is 3.30. The van der Waals surface area contributed by atoms with Crippen molar-refractivity contribution >= 4 is 12.4 Å². The maximum absolute atomic E-state index is 13.4. The first kappa shape index (κ1) is 15.2. The fraction of sp³-hybridized carbons (Fsp3) is 0.500. The second-order valence-corrected chi connectivity index (χ2v) is 4.10. The zero-order valence-electron chi connectivity index (χ0n) is 9.87. The van der Waals surface area contributed by atoms with Gasteiger partial charge in [0.1, 0.15) is 0 Å². The first-order valence-corrected chi connectivity index (χ1v) is 5.14. The smallest absolute Gasteiger partial charge is 0.165 e. The van der Waals surface area contributed by atoms with Gasteiger partial charge >= 0.3 is 0 Å². The van der Waals surface area contributed by atoms with Crippen molar-refractivity contribution in [3.63, 3.8) is 0 Å². The fourth-order valence-electron chi connectivity index (χ4n) is 1.67. The second-order valence-electron chi connectivity index (χ2n) is 4.10. The van der Waals surface area contributed by atoms with Crippen LogP contribution in [0.3, 0.4) is 0 Å². The number of nitrogens with two attached hydrogens (primary N) is 1. The minimum Gasteiger partial charge on any atom is -0.493 e. The van der Waals surface area contributed by atoms with Crippen LogP contribution < -0.4 is 10.5 Å². The SMILES string of the molecule is COc1c(F)cccc1[C@H](N)CC(C)C.Cl. The quantitative estimate of drug-likeness (QED) is 0.886. The van der Waals surface area contributed by atoms with Gasteiger partial charge in [0.25, 0.3) is 0 Å². The van der Waals surface area contributed by atoms with Crippen LogP contribution in [0.5, 0.6) is 5.75 Å². The molecule has 0 heterocycles. The number of benzene rings is 1. The van der Waals surface area contributed by atoms with E-state index in [-0.39, 0.29) is 30.0 Å². The van der Waals surface area contributed by atoms with Gasteiger partial charge in [-0.2, -0.15) is 0 Å². The summed E-state index contributed by atoms with van der Waals surface area (Å²) in [6.45, 7) is 4.18. The topological polar surface area (TPSA) is 35.2 Å². The van der Waals surface area contributed by atoms with E-state index in [1.165, 1.54) is 13.2 Å². The zero-order chi connectivity index (χ0) is 11.4. The summed E-state index contributed by atoms with van der Waals surface area (Å²) in [5.74, 6) is 0.396. The van der Waals surface area contributed by atoms with Crippen molar-refractivity contribution in [1.82, 2.24) is 0 Å². The Morgan fingerprint density at radius 3 is 2.50 bits per heavy atom. The molecule has 2 N–H and O–H groups in total. The zero-order valence-corrected chi connectivity index (χ0v) is 10.7. The lowest BCUT2D eigenvalue weighted by molar-refractivity contribution is 0.373. The van der Waals surface area contributed by atoms with Crippen LogP contribution in [0.15, 0.2) is 18.2 Å². The molecule has 0 aliphatic rings. The summed E-state index contributed by atoms with van der Waals surface area (Å²) in [5.41, 5.74) is 6.74. The van der Waals surface area contributed by atoms with Gasteiger partial charge in [0, 0.05) is 11.6 Å². The van der Waals surface area contributed by atoms with Crippen LogP contribution in [0.25, 0.3) is 0 Å². The highest BCUT2D eigenvalue weighted by molar-refractivity contribution is 5.85. The number of ether oxygens (including phenoxy) is 1. The van der Waals surface area contributed by atoms with E-state index >= 15 is 0 Å². The highest BCUT2D eigenvalue weighted by Crippen LogP contribution is 2.29. The molecule has 0 amide bonds. The fourth-order valence-corrected chi connectivity index (χ4v) is 1.67. The van der Waals surface area contributed by atoms with Crippen LogP contribution in [0.1, 0.15) is 31.9 Å². The molecule has 16 heavy (non-hydrogen) atoms. The van der Waals surface area contributed by atoms with Crippen molar-refractivity contribution in [2.45, 2.75) is 26.3 Å². The first-order valence-electron chi connectivity index (χ1n) is 5.14. The third-order valence-corrected chi connectivity index (χ3v) is 2.33. The summed E-state index contributed by atoms with van der Waals surface area (Å²) < 4.78 is 18.4. The molecule has 92 valence electrons. The van der Waals surface area contributed by atoms with Gasteiger partial charge in [-0.15, -0.1) is 12.4 Å². The molecule has 4 heteroatoms. The monoisotopic (exact) mass is 247 g/mol. The van der Waals surface area contributed by atoms with Crippen LogP contribution in [-0.2, 0) is 0 Å². The number of hydrogen-bond donors (Lipinski definition) is 1. The Labute approximate surface area is 102 Å². The van der Waals surface area contributed by atoms with Crippen LogP contribution >= 0.6 is 12.4 Å². The molecule has 0 saturated heterocycles. The third kappa shape index (κ3) is 3.65. The van der Waals surface area contributed by atoms with Crippen molar-refractivity contribution < 1.29 is 9.13 Å². The standard InChI is InChI=1S/C12H18FNO.ClH/c1-8(2)7-11(14)9-5-4-6-10(13)12(9)15-3;/h4-6,8,11H,7,14H2,1-3H3;1H/t11-;/m1./s1. The van der Waals surface area contributed by atoms with Gasteiger partial charge in [0.2, 0.25) is 0 Å². The first-order chi connectivity index (χ1) is 7.06. The van der Waals surface area contributed by atoms with Gasteiger partial charge < -0.3 is 10.5 Å². The molecule has 0 aromatic heterocycles. The maximum Gasteiger partial charge on any atom is 0.165 e. The van der Waals surface area contributed by atoms with E-state index in [1.54, 1.807) is 6.07 Å². The van der Waals surface area contributed by atoms with E-state index in [2.05, 4.69) is 13.8 Å². The van der Waals surface area contributed by atoms with Gasteiger partial charge in [0.15, 0.2) is 11.6 Å². The van der Waals surface area contributed by atoms with E-state index in [4.69, 9.17) is 10.5 Å². The number of para-hydroxylation sites is 1. The number of rotatable bonds is 4. The van der Waals surface area contributed by atoms with E-state index in [0.717, 1.165) is 12.0 Å². The van der Waals surface area contributed by atoms with Crippen LogP contribution in [0.2, 0.25) is 0 Å². The molecular weight excluding hydrogens is 229 g/mol. The lowest BCUT2D eigenvalue weighted by Crippen LogP contribution is -2.14. The van der Waals surface area contributed by atoms with Gasteiger partial charge in [-0.1, -0.05) is 26.0 Å². The normalized spacial score (nSPS) is 12.1. The molecule has 2 nitrogen and oxygen atoms in total. The summed E-state index contributed by atoms with van der Waals surface area (Å²) in [6.07, 6.45) is 0.819. The highest BCUT2D eigenvalue weighted by atomic mass is 35.5. The summed E-state index contributed by atoms with van der Waals surface area (Å²) in [4.78, 5) is 0. The Morgan fingerprint density at radius 1 is 1.38 bits per heavy atom. The highest BCUT2D eigenvalue weighted by Gasteiger charge is 2.15. The van der Waals surface area contributed by atoms with Crippen molar-refractivity contribution in [2.75, 3.05) is 7.11 Å². The Morgan fingerprint density at radius 2 is 2.00 bits per heavy atom. The summed E-state index contributed by atoms with van der Waals surface area (Å²) >= 11 is 0. The van der Waals surface area contributed by atoms with Gasteiger partial charge in [-0.05, 0) is 18.4 Å². The van der Waals surface area contributed by atoms with Crippen molar-refractivity contribution in [3.8, 4) is 5.75 Å².